The van der Waals surface area contributed by atoms with Gasteiger partial charge >= 0.3 is 5.97 Å². The Labute approximate surface area is 126 Å². The van der Waals surface area contributed by atoms with E-state index in [9.17, 15) is 4.79 Å². The summed E-state index contributed by atoms with van der Waals surface area (Å²) in [6, 6.07) is 5.31. The van der Waals surface area contributed by atoms with Crippen LogP contribution in [0.4, 0.5) is 5.69 Å². The maximum atomic E-state index is 11.6. The molecule has 0 spiro atoms. The van der Waals surface area contributed by atoms with Gasteiger partial charge in [-0.1, -0.05) is 0 Å². The number of ether oxygens (including phenoxy) is 3. The molecule has 21 heavy (non-hydrogen) atoms. The standard InChI is InChI=1S/C16H25NO4/c1-16(2,3)21-10-6-9-17-12-7-8-13(15(18)20-5)14(11-12)19-4/h7-8,11,17H,6,9-10H2,1-5H3. The number of methoxy groups -OCH3 is 2. The lowest BCUT2D eigenvalue weighted by Gasteiger charge is -2.19. The highest BCUT2D eigenvalue weighted by molar-refractivity contribution is 5.93. The lowest BCUT2D eigenvalue weighted by Crippen LogP contribution is -2.20. The summed E-state index contributed by atoms with van der Waals surface area (Å²) in [5, 5.41) is 3.28. The van der Waals surface area contributed by atoms with Crippen LogP contribution in [0.3, 0.4) is 0 Å². The number of nitrogens with one attached hydrogen (secondary N) is 1. The van der Waals surface area contributed by atoms with Gasteiger partial charge in [0.1, 0.15) is 11.3 Å². The van der Waals surface area contributed by atoms with Crippen molar-refractivity contribution in [1.29, 1.82) is 0 Å². The van der Waals surface area contributed by atoms with Gasteiger partial charge in [-0.2, -0.15) is 0 Å². The van der Waals surface area contributed by atoms with Crippen molar-refractivity contribution in [1.82, 2.24) is 0 Å². The summed E-state index contributed by atoms with van der Waals surface area (Å²) in [5.41, 5.74) is 1.21. The molecule has 5 nitrogen and oxygen atoms in total. The summed E-state index contributed by atoms with van der Waals surface area (Å²) in [6.45, 7) is 7.61. The minimum atomic E-state index is -0.406. The van der Waals surface area contributed by atoms with E-state index in [0.29, 0.717) is 17.9 Å². The van der Waals surface area contributed by atoms with Crippen molar-refractivity contribution in [2.75, 3.05) is 32.7 Å². The van der Waals surface area contributed by atoms with Crippen molar-refractivity contribution in [3.05, 3.63) is 23.8 Å². The van der Waals surface area contributed by atoms with Crippen molar-refractivity contribution in [2.24, 2.45) is 0 Å². The predicted molar refractivity (Wildman–Crippen MR) is 83.1 cm³/mol. The average molecular weight is 295 g/mol. The molecule has 0 bridgehead atoms. The maximum absolute atomic E-state index is 11.6. The molecule has 0 aromatic heterocycles. The molecule has 0 saturated heterocycles. The molecule has 0 saturated carbocycles. The van der Waals surface area contributed by atoms with Crippen LogP contribution in [0.5, 0.6) is 5.75 Å². The third-order valence-corrected chi connectivity index (χ3v) is 2.79. The largest absolute Gasteiger partial charge is 0.496 e. The Morgan fingerprint density at radius 2 is 1.95 bits per heavy atom. The number of carbonyl (C=O) groups is 1. The SMILES string of the molecule is COC(=O)c1ccc(NCCCOC(C)(C)C)cc1OC. The summed E-state index contributed by atoms with van der Waals surface area (Å²) < 4.78 is 15.6. The fraction of sp³-hybridized carbons (Fsp3) is 0.562. The second kappa shape index (κ2) is 7.88. The molecular weight excluding hydrogens is 270 g/mol. The Morgan fingerprint density at radius 1 is 1.24 bits per heavy atom. The quantitative estimate of drug-likeness (QED) is 0.619. The molecule has 1 N–H and O–H groups in total. The maximum Gasteiger partial charge on any atom is 0.341 e. The van der Waals surface area contributed by atoms with Crippen LogP contribution < -0.4 is 10.1 Å². The molecule has 0 aliphatic heterocycles. The monoisotopic (exact) mass is 295 g/mol. The molecule has 0 atom stereocenters. The zero-order valence-corrected chi connectivity index (χ0v) is 13.5. The van der Waals surface area contributed by atoms with Gasteiger partial charge in [-0.25, -0.2) is 4.79 Å². The zero-order chi connectivity index (χ0) is 15.9. The highest BCUT2D eigenvalue weighted by atomic mass is 16.5. The van der Waals surface area contributed by atoms with Gasteiger partial charge in [0.25, 0.3) is 0 Å². The van der Waals surface area contributed by atoms with Crippen LogP contribution in [-0.2, 0) is 9.47 Å². The van der Waals surface area contributed by atoms with Gasteiger partial charge in [-0.15, -0.1) is 0 Å². The first kappa shape index (κ1) is 17.3. The molecule has 0 amide bonds. The summed E-state index contributed by atoms with van der Waals surface area (Å²) in [6.07, 6.45) is 0.901. The number of hydrogen-bond acceptors (Lipinski definition) is 5. The van der Waals surface area contributed by atoms with E-state index in [-0.39, 0.29) is 5.60 Å². The number of hydrogen-bond donors (Lipinski definition) is 1. The molecule has 5 heteroatoms. The first-order valence-electron chi connectivity index (χ1n) is 7.01. The van der Waals surface area contributed by atoms with E-state index < -0.39 is 5.97 Å². The minimum Gasteiger partial charge on any atom is -0.496 e. The average Bonchev–Trinajstić information content (AvgIpc) is 2.44. The highest BCUT2D eigenvalue weighted by Gasteiger charge is 2.13. The summed E-state index contributed by atoms with van der Waals surface area (Å²) >= 11 is 0. The molecular formula is C16H25NO4. The van der Waals surface area contributed by atoms with Gasteiger partial charge in [0, 0.05) is 24.9 Å². The van der Waals surface area contributed by atoms with Crippen LogP contribution >= 0.6 is 0 Å². The van der Waals surface area contributed by atoms with E-state index in [1.54, 1.807) is 12.1 Å². The smallest absolute Gasteiger partial charge is 0.341 e. The molecule has 1 rings (SSSR count). The molecule has 1 aromatic rings. The number of benzene rings is 1. The van der Waals surface area contributed by atoms with Crippen LogP contribution in [0, 0.1) is 0 Å². The zero-order valence-electron chi connectivity index (χ0n) is 13.5. The first-order valence-corrected chi connectivity index (χ1v) is 7.01. The minimum absolute atomic E-state index is 0.106. The van der Waals surface area contributed by atoms with Gasteiger partial charge < -0.3 is 19.5 Å². The second-order valence-electron chi connectivity index (χ2n) is 5.65. The third kappa shape index (κ3) is 6.04. The second-order valence-corrected chi connectivity index (χ2v) is 5.65. The number of carbonyl (C=O) groups excluding carboxylic acids is 1. The fourth-order valence-corrected chi connectivity index (χ4v) is 1.76. The number of rotatable bonds is 7. The number of anilines is 1. The van der Waals surface area contributed by atoms with Crippen molar-refractivity contribution in [3.63, 3.8) is 0 Å². The van der Waals surface area contributed by atoms with Crippen molar-refractivity contribution in [3.8, 4) is 5.75 Å². The molecule has 0 aliphatic rings. The third-order valence-electron chi connectivity index (χ3n) is 2.79. The normalized spacial score (nSPS) is 11.1. The Kier molecular flexibility index (Phi) is 6.49. The Morgan fingerprint density at radius 3 is 2.52 bits per heavy atom. The Bertz CT molecular complexity index is 466. The van der Waals surface area contributed by atoms with Gasteiger partial charge in [-0.3, -0.25) is 0 Å². The molecule has 0 heterocycles. The van der Waals surface area contributed by atoms with Crippen LogP contribution in [0.1, 0.15) is 37.6 Å². The molecule has 1 aromatic carbocycles. The number of esters is 1. The van der Waals surface area contributed by atoms with Crippen LogP contribution in [0.2, 0.25) is 0 Å². The fourth-order valence-electron chi connectivity index (χ4n) is 1.76. The molecule has 0 radical (unpaired) electrons. The molecule has 118 valence electrons. The molecule has 0 unspecified atom stereocenters. The van der Waals surface area contributed by atoms with Crippen LogP contribution in [0.25, 0.3) is 0 Å². The van der Waals surface area contributed by atoms with E-state index in [2.05, 4.69) is 5.32 Å². The summed E-state index contributed by atoms with van der Waals surface area (Å²) in [7, 11) is 2.88. The predicted octanol–water partition coefficient (Wildman–Crippen LogP) is 3.10. The van der Waals surface area contributed by atoms with E-state index in [4.69, 9.17) is 14.2 Å². The summed E-state index contributed by atoms with van der Waals surface area (Å²) in [5.74, 6) is 0.0924. The van der Waals surface area contributed by atoms with Gasteiger partial charge in [-0.05, 0) is 39.3 Å². The highest BCUT2D eigenvalue weighted by Crippen LogP contribution is 2.23. The van der Waals surface area contributed by atoms with E-state index in [0.717, 1.165) is 18.7 Å². The van der Waals surface area contributed by atoms with Gasteiger partial charge in [0.2, 0.25) is 0 Å². The van der Waals surface area contributed by atoms with E-state index in [1.165, 1.54) is 14.2 Å². The summed E-state index contributed by atoms with van der Waals surface area (Å²) in [4.78, 5) is 11.6. The first-order chi connectivity index (χ1) is 9.87. The topological polar surface area (TPSA) is 56.8 Å². The van der Waals surface area contributed by atoms with E-state index >= 15 is 0 Å². The van der Waals surface area contributed by atoms with Gasteiger partial charge in [0.15, 0.2) is 0 Å². The van der Waals surface area contributed by atoms with Crippen LogP contribution in [0.15, 0.2) is 18.2 Å². The lowest BCUT2D eigenvalue weighted by atomic mass is 10.1. The van der Waals surface area contributed by atoms with Crippen molar-refractivity contribution < 1.29 is 19.0 Å². The lowest BCUT2D eigenvalue weighted by molar-refractivity contribution is -0.00279. The Balaban J connectivity index is 2.51. The van der Waals surface area contributed by atoms with Gasteiger partial charge in [0.05, 0.1) is 19.8 Å². The van der Waals surface area contributed by atoms with Crippen molar-refractivity contribution >= 4 is 11.7 Å². The van der Waals surface area contributed by atoms with Crippen molar-refractivity contribution in [2.45, 2.75) is 32.8 Å². The van der Waals surface area contributed by atoms with E-state index in [1.807, 2.05) is 26.8 Å². The molecule has 0 aliphatic carbocycles. The van der Waals surface area contributed by atoms with Crippen LogP contribution in [-0.4, -0.2) is 38.9 Å². The molecule has 0 fully saturated rings. The Hall–Kier alpha value is -1.75.